The van der Waals surface area contributed by atoms with Crippen LogP contribution in [-0.2, 0) is 60.8 Å². The number of fused-ring (bicyclic) bond motifs is 3. The summed E-state index contributed by atoms with van der Waals surface area (Å²) >= 11 is 2.26. The maximum Gasteiger partial charge on any atom is 0.246 e. The van der Waals surface area contributed by atoms with Crippen LogP contribution in [0.25, 0.3) is 31.3 Å². The molecule has 98 heavy (non-hydrogen) atoms. The quantitative estimate of drug-likeness (QED) is 0.0307. The molecule has 2 fully saturated rings. The molecule has 4 aromatic carbocycles. The molecule has 0 saturated carbocycles. The number of nitrogens with one attached hydrogen (secondary N) is 9. The first-order chi connectivity index (χ1) is 46.7. The third-order valence-electron chi connectivity index (χ3n) is 17.4. The Kier molecular flexibility index (Phi) is 24.0. The van der Waals surface area contributed by atoms with Crippen molar-refractivity contribution in [3.8, 4) is 5.75 Å². The van der Waals surface area contributed by atoms with Gasteiger partial charge in [0.15, 0.2) is 10.3 Å². The first-order valence-corrected chi connectivity index (χ1v) is 33.9. The Balaban J connectivity index is 0.914. The van der Waals surface area contributed by atoms with Crippen molar-refractivity contribution in [1.29, 1.82) is 0 Å². The van der Waals surface area contributed by atoms with E-state index in [4.69, 9.17) is 5.73 Å². The van der Waals surface area contributed by atoms with Crippen molar-refractivity contribution < 1.29 is 66.9 Å². The van der Waals surface area contributed by atoms with Crippen LogP contribution in [0.5, 0.6) is 5.75 Å². The number of carbonyl (C=O) groups is 10. The maximum absolute atomic E-state index is 15.1. The summed E-state index contributed by atoms with van der Waals surface area (Å²) in [6, 6.07) is 10.8. The zero-order valence-corrected chi connectivity index (χ0v) is 56.5. The van der Waals surface area contributed by atoms with E-state index in [1.807, 2.05) is 18.2 Å². The second-order valence-corrected chi connectivity index (χ2v) is 27.2. The summed E-state index contributed by atoms with van der Waals surface area (Å²) in [5.41, 5.74) is 8.74. The van der Waals surface area contributed by atoms with Crippen LogP contribution in [0.4, 0.5) is 19.0 Å². The Morgan fingerprint density at radius 2 is 1.31 bits per heavy atom. The first kappa shape index (κ1) is 72.4. The third-order valence-corrected chi connectivity index (χ3v) is 19.3. The van der Waals surface area contributed by atoms with Crippen LogP contribution in [-0.4, -0.2) is 194 Å². The Bertz CT molecular complexity index is 4090. The summed E-state index contributed by atoms with van der Waals surface area (Å²) in [5, 5.41) is 44.8. The number of amides is 10. The molecule has 5 heterocycles. The number of β-amino-alcohol motifs (C(OH)–C–C–N with tert-alkyl or cyclic N) is 1. The molecule has 522 valence electrons. The number of phenols is 1. The number of aromatic hydroxyl groups is 1. The van der Waals surface area contributed by atoms with E-state index < -0.39 is 144 Å². The molecule has 0 bridgehead atoms. The second-order valence-electron chi connectivity index (χ2n) is 25.1. The largest absolute Gasteiger partial charge is 0.508 e. The number of aromatic amines is 1. The van der Waals surface area contributed by atoms with Gasteiger partial charge in [-0.25, -0.2) is 18.7 Å². The molecular formula is C67H81F2N15O12S2. The van der Waals surface area contributed by atoms with Gasteiger partial charge in [0.1, 0.15) is 65.7 Å². The van der Waals surface area contributed by atoms with Crippen LogP contribution in [0.2, 0.25) is 0 Å². The fourth-order valence-electron chi connectivity index (χ4n) is 12.1. The topological polar surface area (TPSA) is 385 Å². The average molecular weight is 1390 g/mol. The molecule has 2 aliphatic rings. The third kappa shape index (κ3) is 18.2. The number of hydrogen-bond acceptors (Lipinski definition) is 18. The number of halogens is 2. The van der Waals surface area contributed by atoms with Crippen molar-refractivity contribution in [3.63, 3.8) is 0 Å². The van der Waals surface area contributed by atoms with E-state index in [1.165, 1.54) is 79.7 Å². The Morgan fingerprint density at radius 3 is 1.96 bits per heavy atom. The molecule has 10 amide bonds. The molecule has 13 N–H and O–H groups in total. The predicted octanol–water partition coefficient (Wildman–Crippen LogP) is 3.30. The highest BCUT2D eigenvalue weighted by atomic mass is 32.1. The number of hydrogen-bond donors (Lipinski definition) is 12. The SMILES string of the molecule is CNC(=O)[C@H](CCNc1nc2ccc(F)cc2s1)NC(=O)[C@H](Cc1c[nH]c2ccccc12)NC(=O)[C@@H]1C[C@@H](O)CN1C(=O)[C@H](CC(C)C)NC(=O)[C@H](CNc1nc2ccc(F)cc2s1)NC(=O)[C@@H]1CCCN1C(=O)[C@H](CC(N)=O)NC(=O)[C@H](C)N(C)C(=O)[C@@H](C)Cc1ccc(O)cc1. The molecule has 0 unspecified atom stereocenters. The smallest absolute Gasteiger partial charge is 0.246 e. The van der Waals surface area contributed by atoms with Crippen LogP contribution in [0.3, 0.4) is 0 Å². The molecular weight excluding hydrogens is 1310 g/mol. The minimum atomic E-state index is -1.59. The molecule has 27 nitrogen and oxygen atoms in total. The van der Waals surface area contributed by atoms with E-state index in [0.29, 0.717) is 31.1 Å². The lowest BCUT2D eigenvalue weighted by atomic mass is 9.99. The molecule has 31 heteroatoms. The summed E-state index contributed by atoms with van der Waals surface area (Å²) in [6.45, 7) is 6.04. The number of para-hydroxylation sites is 1. The number of nitrogens with two attached hydrogens (primary N) is 1. The van der Waals surface area contributed by atoms with E-state index in [0.717, 1.165) is 37.6 Å². The van der Waals surface area contributed by atoms with Crippen LogP contribution < -0.4 is 48.3 Å². The molecule has 0 aliphatic carbocycles. The summed E-state index contributed by atoms with van der Waals surface area (Å²) < 4.78 is 29.4. The van der Waals surface area contributed by atoms with Crippen LogP contribution in [0.15, 0.2) is 91.1 Å². The Hall–Kier alpha value is -9.88. The number of benzene rings is 4. The standard InChI is InChI=1S/C67H81F2N15O12S2/c1-34(2)24-49(65(96)84-33-42(86)29-53(84)62(93)76-48(26-38-31-73-44-11-8-7-10-43(38)44)59(90)75-47(58(89)71-5)21-22-72-66-80-45-19-15-39(68)27-54(45)97-66)78-60(91)51(32-74-67-81-46-20-16-40(69)28-55(46)98-67)79-61(92)52-12-9-23-83(52)64(95)50(30-56(70)87)77-57(88)36(4)82(6)63(94)35(3)25-37-13-17-41(85)18-14-37/h7-8,10-11,13-20,27-28,31,34-36,42,47-53,73,85-86H,9,12,21-26,29-30,32-33H2,1-6H3,(H2,70,87)(H,71,89)(H,72,80)(H,74,81)(H,75,90)(H,76,93)(H,77,88)(H,78,91)(H,79,92)/t35-,36-,42+,47-,48-,49-,50-,51-,52-,53-/m0/s1. The number of phenolic OH excluding ortho intramolecular Hbond substituents is 1. The number of likely N-dealkylation sites (N-methyl/N-ethyl adjacent to an activating group) is 2. The van der Waals surface area contributed by atoms with Crippen molar-refractivity contribution in [2.24, 2.45) is 17.6 Å². The number of likely N-dealkylation sites (tertiary alicyclic amines) is 2. The number of primary amides is 1. The van der Waals surface area contributed by atoms with Gasteiger partial charge < -0.3 is 78.2 Å². The molecule has 3 aromatic heterocycles. The number of aliphatic hydroxyl groups excluding tert-OH is 1. The maximum atomic E-state index is 15.1. The van der Waals surface area contributed by atoms with Gasteiger partial charge in [0.05, 0.1) is 33.0 Å². The van der Waals surface area contributed by atoms with Gasteiger partial charge in [0.25, 0.3) is 0 Å². The summed E-state index contributed by atoms with van der Waals surface area (Å²) in [5.74, 6) is -9.50. The normalized spacial score (nSPS) is 17.5. The van der Waals surface area contributed by atoms with E-state index in [-0.39, 0.29) is 81.4 Å². The van der Waals surface area contributed by atoms with Gasteiger partial charge in [-0.2, -0.15) is 0 Å². The van der Waals surface area contributed by atoms with Crippen molar-refractivity contribution >= 4 is 123 Å². The van der Waals surface area contributed by atoms with Crippen molar-refractivity contribution in [2.45, 2.75) is 134 Å². The fraction of sp³-hybridized carbons (Fsp3) is 0.433. The highest BCUT2D eigenvalue weighted by Crippen LogP contribution is 2.30. The highest BCUT2D eigenvalue weighted by Gasteiger charge is 2.45. The Labute approximate surface area is 570 Å². The number of anilines is 2. The van der Waals surface area contributed by atoms with E-state index >= 15 is 4.79 Å². The molecule has 7 aromatic rings. The van der Waals surface area contributed by atoms with Crippen LogP contribution >= 0.6 is 22.7 Å². The lowest BCUT2D eigenvalue weighted by molar-refractivity contribution is -0.145. The lowest BCUT2D eigenvalue weighted by Gasteiger charge is -2.32. The molecule has 0 spiro atoms. The highest BCUT2D eigenvalue weighted by molar-refractivity contribution is 7.22. The number of nitrogens with zero attached hydrogens (tertiary/aromatic N) is 5. The van der Waals surface area contributed by atoms with E-state index in [2.05, 4.69) is 57.5 Å². The number of H-pyrrole nitrogens is 1. The predicted molar refractivity (Wildman–Crippen MR) is 364 cm³/mol. The minimum absolute atomic E-state index is 0.0236. The van der Waals surface area contributed by atoms with Gasteiger partial charge in [-0.3, -0.25) is 47.9 Å². The van der Waals surface area contributed by atoms with E-state index in [1.54, 1.807) is 51.2 Å². The van der Waals surface area contributed by atoms with Gasteiger partial charge in [-0.15, -0.1) is 0 Å². The van der Waals surface area contributed by atoms with Crippen LogP contribution in [0.1, 0.15) is 77.3 Å². The molecule has 9 rings (SSSR count). The second kappa shape index (κ2) is 32.4. The zero-order valence-electron chi connectivity index (χ0n) is 54.9. The lowest BCUT2D eigenvalue weighted by Crippen LogP contribution is -2.61. The number of aliphatic hydroxyl groups is 1. The van der Waals surface area contributed by atoms with Gasteiger partial charge in [0, 0.05) is 76.1 Å². The average Bonchev–Trinajstić information content (AvgIpc) is 1.60. The summed E-state index contributed by atoms with van der Waals surface area (Å²) in [7, 11) is 2.82. The molecule has 10 atom stereocenters. The first-order valence-electron chi connectivity index (χ1n) is 32.2. The molecule has 2 saturated heterocycles. The number of carbonyl (C=O) groups excluding carboxylic acids is 10. The summed E-state index contributed by atoms with van der Waals surface area (Å²) in [4.78, 5) is 158. The number of thiazole rings is 2. The van der Waals surface area contributed by atoms with E-state index in [9.17, 15) is 62.1 Å². The molecule has 0 radical (unpaired) electrons. The summed E-state index contributed by atoms with van der Waals surface area (Å²) in [6.07, 6.45) is 0.0156. The zero-order chi connectivity index (χ0) is 70.6. The van der Waals surface area contributed by atoms with Crippen molar-refractivity contribution in [3.05, 3.63) is 114 Å². The fourth-order valence-corrected chi connectivity index (χ4v) is 13.9. The van der Waals surface area contributed by atoms with Crippen LogP contribution in [0, 0.1) is 23.5 Å². The van der Waals surface area contributed by atoms with Gasteiger partial charge in [-0.1, -0.05) is 73.8 Å². The van der Waals surface area contributed by atoms with Crippen molar-refractivity contribution in [2.75, 3.05) is 50.9 Å². The number of aromatic nitrogens is 3. The van der Waals surface area contributed by atoms with Gasteiger partial charge >= 0.3 is 0 Å². The Morgan fingerprint density at radius 1 is 0.704 bits per heavy atom. The van der Waals surface area contributed by atoms with Crippen molar-refractivity contribution in [1.82, 2.24) is 61.6 Å². The van der Waals surface area contributed by atoms with Gasteiger partial charge in [0.2, 0.25) is 59.1 Å². The van der Waals surface area contributed by atoms with Gasteiger partial charge in [-0.05, 0) is 111 Å². The molecule has 2 aliphatic heterocycles. The monoisotopic (exact) mass is 1390 g/mol. The number of rotatable bonds is 30. The minimum Gasteiger partial charge on any atom is -0.508 e.